The van der Waals surface area contributed by atoms with Crippen molar-refractivity contribution < 1.29 is 4.79 Å². The monoisotopic (exact) mass is 506 g/mol. The van der Waals surface area contributed by atoms with Crippen molar-refractivity contribution in [3.8, 4) is 0 Å². The number of pyridine rings is 1. The highest BCUT2D eigenvalue weighted by Gasteiger charge is 2.23. The summed E-state index contributed by atoms with van der Waals surface area (Å²) in [6.45, 7) is 11.4. The molecule has 3 heterocycles. The Hall–Kier alpha value is -3.13. The molecule has 4 rings (SSSR count). The van der Waals surface area contributed by atoms with Gasteiger partial charge in [-0.25, -0.2) is 0 Å². The Morgan fingerprint density at radius 2 is 1.95 bits per heavy atom. The predicted molar refractivity (Wildman–Crippen MR) is 151 cm³/mol. The van der Waals surface area contributed by atoms with Gasteiger partial charge in [0.2, 0.25) is 0 Å². The van der Waals surface area contributed by atoms with Crippen LogP contribution in [0.2, 0.25) is 0 Å². The van der Waals surface area contributed by atoms with Crippen LogP contribution in [0.15, 0.2) is 29.2 Å². The molecule has 37 heavy (non-hydrogen) atoms. The van der Waals surface area contributed by atoms with E-state index in [9.17, 15) is 9.59 Å². The topological polar surface area (TPSA) is 86.3 Å². The van der Waals surface area contributed by atoms with Crippen molar-refractivity contribution in [3.05, 3.63) is 57.1 Å². The van der Waals surface area contributed by atoms with Crippen molar-refractivity contribution >= 4 is 22.5 Å². The molecule has 1 aromatic carbocycles. The summed E-state index contributed by atoms with van der Waals surface area (Å²) < 4.78 is 1.98. The molecule has 0 saturated carbocycles. The number of carbonyl (C=O) groups excluding carboxylic acids is 1. The van der Waals surface area contributed by atoms with E-state index in [4.69, 9.17) is 0 Å². The van der Waals surface area contributed by atoms with Gasteiger partial charge in [-0.2, -0.15) is 5.10 Å². The Morgan fingerprint density at radius 1 is 1.22 bits per heavy atom. The number of nitrogens with one attached hydrogen (secondary N) is 2. The Bertz CT molecular complexity index is 1300. The van der Waals surface area contributed by atoms with Crippen LogP contribution in [0.1, 0.15) is 73.3 Å². The summed E-state index contributed by atoms with van der Waals surface area (Å²) in [5, 5.41) is 8.49. The molecule has 1 saturated heterocycles. The van der Waals surface area contributed by atoms with Gasteiger partial charge < -0.3 is 20.1 Å². The zero-order valence-electron chi connectivity index (χ0n) is 23.2. The number of carbonyl (C=O) groups is 1. The van der Waals surface area contributed by atoms with Crippen LogP contribution in [0.3, 0.4) is 0 Å². The van der Waals surface area contributed by atoms with E-state index in [1.807, 2.05) is 23.7 Å². The third-order valence-corrected chi connectivity index (χ3v) is 7.35. The third kappa shape index (κ3) is 6.06. The van der Waals surface area contributed by atoms with Crippen LogP contribution >= 0.6 is 0 Å². The number of anilines is 1. The average molecular weight is 507 g/mol. The summed E-state index contributed by atoms with van der Waals surface area (Å²) in [5.74, 6) is 0.518. The Morgan fingerprint density at radius 3 is 2.59 bits per heavy atom. The molecule has 0 radical (unpaired) electrons. The molecule has 8 heteroatoms. The van der Waals surface area contributed by atoms with Crippen molar-refractivity contribution in [2.75, 3.05) is 38.6 Å². The molecule has 2 aromatic heterocycles. The number of hydrogen-bond acceptors (Lipinski definition) is 5. The highest BCUT2D eigenvalue weighted by atomic mass is 16.1. The maximum atomic E-state index is 13.6. The quantitative estimate of drug-likeness (QED) is 0.453. The van der Waals surface area contributed by atoms with Crippen molar-refractivity contribution in [2.45, 2.75) is 66.0 Å². The number of hydrogen-bond donors (Lipinski definition) is 2. The van der Waals surface area contributed by atoms with Gasteiger partial charge in [-0.05, 0) is 83.8 Å². The summed E-state index contributed by atoms with van der Waals surface area (Å²) in [5.41, 5.74) is 4.97. The van der Waals surface area contributed by atoms with Crippen LogP contribution in [0.4, 0.5) is 5.69 Å². The number of aryl methyl sites for hydroxylation is 2. The number of aromatic amines is 1. The number of nitrogens with zero attached hydrogens (tertiary/aromatic N) is 4. The van der Waals surface area contributed by atoms with E-state index in [0.717, 1.165) is 73.2 Å². The van der Waals surface area contributed by atoms with Crippen LogP contribution in [-0.2, 0) is 13.0 Å². The van der Waals surface area contributed by atoms with E-state index in [1.165, 1.54) is 0 Å². The zero-order valence-corrected chi connectivity index (χ0v) is 23.2. The van der Waals surface area contributed by atoms with E-state index in [2.05, 4.69) is 66.1 Å². The molecule has 0 bridgehead atoms. The molecule has 200 valence electrons. The Kier molecular flexibility index (Phi) is 8.37. The van der Waals surface area contributed by atoms with Gasteiger partial charge in [-0.1, -0.05) is 13.3 Å². The molecule has 0 atom stereocenters. The number of aromatic nitrogens is 3. The number of benzene rings is 1. The van der Waals surface area contributed by atoms with E-state index in [-0.39, 0.29) is 24.1 Å². The van der Waals surface area contributed by atoms with Crippen molar-refractivity contribution in [3.63, 3.8) is 0 Å². The zero-order chi connectivity index (χ0) is 26.7. The molecule has 1 aliphatic rings. The average Bonchev–Trinajstić information content (AvgIpc) is 3.27. The molecule has 1 fully saturated rings. The summed E-state index contributed by atoms with van der Waals surface area (Å²) in [6.07, 6.45) is 5.81. The van der Waals surface area contributed by atoms with Crippen molar-refractivity contribution in [1.29, 1.82) is 0 Å². The lowest BCUT2D eigenvalue weighted by molar-refractivity contribution is 0.0952. The molecule has 1 amide bonds. The fourth-order valence-electron chi connectivity index (χ4n) is 5.54. The fraction of sp³-hybridized carbons (Fsp3) is 0.552. The second-order valence-corrected chi connectivity index (χ2v) is 11.0. The largest absolute Gasteiger partial charge is 0.371 e. The molecular formula is C29H42N6O2. The minimum absolute atomic E-state index is 0.129. The van der Waals surface area contributed by atoms with Crippen LogP contribution < -0.4 is 15.8 Å². The van der Waals surface area contributed by atoms with Crippen molar-refractivity contribution in [1.82, 2.24) is 25.0 Å². The molecular weight excluding hydrogens is 464 g/mol. The molecule has 8 nitrogen and oxygen atoms in total. The lowest BCUT2D eigenvalue weighted by Crippen LogP contribution is -2.37. The van der Waals surface area contributed by atoms with Gasteiger partial charge in [-0.3, -0.25) is 14.3 Å². The van der Waals surface area contributed by atoms with E-state index < -0.39 is 0 Å². The first-order valence-corrected chi connectivity index (χ1v) is 13.6. The highest BCUT2D eigenvalue weighted by Crippen LogP contribution is 2.31. The standard InChI is InChI=1S/C29H42N6O2/c1-7-8-22-13-20(4)32-29(37)25(22)16-30-28(36)24-14-23(15-27-26(24)17-31-35(27)19(2)3)34-11-9-21(10-12-34)18-33(5)6/h13-15,17,19,21H,7-12,16,18H2,1-6H3,(H,30,36)(H,32,37). The molecule has 2 N–H and O–H groups in total. The first kappa shape index (κ1) is 26.9. The van der Waals surface area contributed by atoms with Gasteiger partial charge in [0.05, 0.1) is 17.3 Å². The van der Waals surface area contributed by atoms with Crippen LogP contribution in [0.5, 0.6) is 0 Å². The number of amides is 1. The van der Waals surface area contributed by atoms with Crippen molar-refractivity contribution in [2.24, 2.45) is 5.92 Å². The lowest BCUT2D eigenvalue weighted by atomic mass is 9.95. The van der Waals surface area contributed by atoms with E-state index >= 15 is 0 Å². The van der Waals surface area contributed by atoms with Gasteiger partial charge in [0.15, 0.2) is 0 Å². The number of piperidine rings is 1. The normalized spacial score (nSPS) is 14.8. The third-order valence-electron chi connectivity index (χ3n) is 7.35. The first-order valence-electron chi connectivity index (χ1n) is 13.6. The van der Waals surface area contributed by atoms with Crippen LogP contribution in [0, 0.1) is 12.8 Å². The smallest absolute Gasteiger partial charge is 0.253 e. The summed E-state index contributed by atoms with van der Waals surface area (Å²) in [4.78, 5) is 33.8. The molecule has 0 aliphatic carbocycles. The second kappa shape index (κ2) is 11.5. The second-order valence-electron chi connectivity index (χ2n) is 11.0. The van der Waals surface area contributed by atoms with E-state index in [0.29, 0.717) is 17.0 Å². The Balaban J connectivity index is 1.63. The first-order chi connectivity index (χ1) is 17.7. The maximum absolute atomic E-state index is 13.6. The number of H-pyrrole nitrogens is 1. The van der Waals surface area contributed by atoms with Crippen LogP contribution in [-0.4, -0.2) is 59.3 Å². The summed E-state index contributed by atoms with van der Waals surface area (Å²) >= 11 is 0. The van der Waals surface area contributed by atoms with Gasteiger partial charge in [0.25, 0.3) is 11.5 Å². The molecule has 3 aromatic rings. The summed E-state index contributed by atoms with van der Waals surface area (Å²) in [7, 11) is 4.27. The number of rotatable bonds is 9. The maximum Gasteiger partial charge on any atom is 0.253 e. The van der Waals surface area contributed by atoms with Gasteiger partial charge in [0.1, 0.15) is 0 Å². The molecule has 1 aliphatic heterocycles. The van der Waals surface area contributed by atoms with Crippen LogP contribution in [0.25, 0.3) is 10.9 Å². The summed E-state index contributed by atoms with van der Waals surface area (Å²) in [6, 6.07) is 6.37. The predicted octanol–water partition coefficient (Wildman–Crippen LogP) is 4.27. The minimum Gasteiger partial charge on any atom is -0.371 e. The Labute approximate surface area is 220 Å². The fourth-order valence-corrected chi connectivity index (χ4v) is 5.54. The SMILES string of the molecule is CCCc1cc(C)[nH]c(=O)c1CNC(=O)c1cc(N2CCC(CN(C)C)CC2)cc2c1cnn2C(C)C. The van der Waals surface area contributed by atoms with E-state index in [1.54, 1.807) is 6.20 Å². The molecule has 0 spiro atoms. The van der Waals surface area contributed by atoms with Gasteiger partial charge >= 0.3 is 0 Å². The molecule has 0 unspecified atom stereocenters. The van der Waals surface area contributed by atoms with Gasteiger partial charge in [-0.15, -0.1) is 0 Å². The highest BCUT2D eigenvalue weighted by molar-refractivity contribution is 6.07. The lowest BCUT2D eigenvalue weighted by Gasteiger charge is -2.35. The minimum atomic E-state index is -0.180. The number of fused-ring (bicyclic) bond motifs is 1. The van der Waals surface area contributed by atoms with Gasteiger partial charge in [0, 0.05) is 54.6 Å².